The molecule has 6 heteroatoms. The second-order valence-electron chi connectivity index (χ2n) is 4.04. The average molecular weight is 268 g/mol. The summed E-state index contributed by atoms with van der Waals surface area (Å²) in [7, 11) is 4.60. The van der Waals surface area contributed by atoms with Crippen LogP contribution in [0.1, 0.15) is 24.4 Å². The van der Waals surface area contributed by atoms with Gasteiger partial charge in [0.15, 0.2) is 11.5 Å². The van der Waals surface area contributed by atoms with Gasteiger partial charge in [-0.15, -0.1) is 0 Å². The summed E-state index contributed by atoms with van der Waals surface area (Å²) in [6.45, 7) is 0. The summed E-state index contributed by atoms with van der Waals surface area (Å²) >= 11 is 0. The first kappa shape index (κ1) is 15.1. The number of amides is 1. The maximum atomic E-state index is 10.8. The molecular weight excluding hydrogens is 248 g/mol. The number of nitrogens with two attached hydrogens (primary N) is 2. The van der Waals surface area contributed by atoms with Crippen LogP contribution >= 0.6 is 0 Å². The molecule has 19 heavy (non-hydrogen) atoms. The molecule has 0 aliphatic heterocycles. The van der Waals surface area contributed by atoms with Crippen molar-refractivity contribution in [2.75, 3.05) is 21.3 Å². The molecule has 1 amide bonds. The zero-order valence-electron chi connectivity index (χ0n) is 11.4. The van der Waals surface area contributed by atoms with Crippen LogP contribution in [0.15, 0.2) is 12.1 Å². The number of carbonyl (C=O) groups excluding carboxylic acids is 1. The molecule has 4 N–H and O–H groups in total. The Bertz CT molecular complexity index is 449. The first-order chi connectivity index (χ1) is 9.04. The molecule has 0 heterocycles. The summed E-state index contributed by atoms with van der Waals surface area (Å²) in [6, 6.07) is 3.19. The van der Waals surface area contributed by atoms with Gasteiger partial charge in [0.25, 0.3) is 0 Å². The van der Waals surface area contributed by atoms with Gasteiger partial charge < -0.3 is 25.7 Å². The Balaban J connectivity index is 3.09. The molecule has 1 aromatic rings. The van der Waals surface area contributed by atoms with Crippen LogP contribution in [-0.2, 0) is 4.79 Å². The number of rotatable bonds is 7. The maximum Gasteiger partial charge on any atom is 0.217 e. The molecule has 0 saturated carbocycles. The van der Waals surface area contributed by atoms with Crippen LogP contribution in [0.3, 0.4) is 0 Å². The Labute approximate surface area is 112 Å². The highest BCUT2D eigenvalue weighted by atomic mass is 16.5. The van der Waals surface area contributed by atoms with E-state index in [1.54, 1.807) is 19.2 Å². The van der Waals surface area contributed by atoms with Gasteiger partial charge in [-0.1, -0.05) is 0 Å². The van der Waals surface area contributed by atoms with Gasteiger partial charge in [0, 0.05) is 18.0 Å². The van der Waals surface area contributed by atoms with Gasteiger partial charge in [-0.3, -0.25) is 4.79 Å². The zero-order chi connectivity index (χ0) is 14.4. The van der Waals surface area contributed by atoms with Gasteiger partial charge in [0.1, 0.15) is 0 Å². The lowest BCUT2D eigenvalue weighted by Gasteiger charge is -2.19. The third-order valence-corrected chi connectivity index (χ3v) is 2.84. The summed E-state index contributed by atoms with van der Waals surface area (Å²) in [5.74, 6) is 1.18. The Morgan fingerprint density at radius 1 is 1.16 bits per heavy atom. The first-order valence-corrected chi connectivity index (χ1v) is 5.87. The number of primary amides is 1. The molecule has 6 nitrogen and oxygen atoms in total. The molecule has 0 saturated heterocycles. The van der Waals surface area contributed by atoms with Gasteiger partial charge >= 0.3 is 0 Å². The predicted octanol–water partition coefficient (Wildman–Crippen LogP) is 0.978. The average Bonchev–Trinajstić information content (AvgIpc) is 2.42. The van der Waals surface area contributed by atoms with Crippen LogP contribution < -0.4 is 25.7 Å². The normalized spacial score (nSPS) is 11.8. The second kappa shape index (κ2) is 6.84. The second-order valence-corrected chi connectivity index (χ2v) is 4.04. The van der Waals surface area contributed by atoms with Crippen LogP contribution in [0.4, 0.5) is 0 Å². The third kappa shape index (κ3) is 3.51. The lowest BCUT2D eigenvalue weighted by molar-refractivity contribution is -0.118. The van der Waals surface area contributed by atoms with E-state index >= 15 is 0 Å². The molecule has 1 rings (SSSR count). The van der Waals surface area contributed by atoms with Crippen molar-refractivity contribution in [2.24, 2.45) is 11.5 Å². The molecule has 0 aromatic heterocycles. The van der Waals surface area contributed by atoms with Gasteiger partial charge in [-0.05, 0) is 18.6 Å². The van der Waals surface area contributed by atoms with Crippen LogP contribution in [0, 0.1) is 0 Å². The van der Waals surface area contributed by atoms with Gasteiger partial charge in [-0.2, -0.15) is 0 Å². The Morgan fingerprint density at radius 2 is 1.79 bits per heavy atom. The largest absolute Gasteiger partial charge is 0.493 e. The summed E-state index contributed by atoms with van der Waals surface area (Å²) in [4.78, 5) is 10.8. The van der Waals surface area contributed by atoms with Gasteiger partial charge in [0.05, 0.1) is 21.3 Å². The minimum absolute atomic E-state index is 0.221. The van der Waals surface area contributed by atoms with E-state index in [2.05, 4.69) is 0 Å². The Morgan fingerprint density at radius 3 is 2.26 bits per heavy atom. The lowest BCUT2D eigenvalue weighted by atomic mass is 10.0. The summed E-state index contributed by atoms with van der Waals surface area (Å²) in [6.07, 6.45) is 0.667. The molecule has 1 atom stereocenters. The van der Waals surface area contributed by atoms with Crippen molar-refractivity contribution in [3.8, 4) is 17.2 Å². The van der Waals surface area contributed by atoms with E-state index in [0.717, 1.165) is 5.56 Å². The quantitative estimate of drug-likeness (QED) is 0.768. The highest BCUT2D eigenvalue weighted by molar-refractivity contribution is 5.73. The molecular formula is C13H20N2O4. The number of methoxy groups -OCH3 is 3. The molecule has 0 bridgehead atoms. The van der Waals surface area contributed by atoms with E-state index in [0.29, 0.717) is 23.7 Å². The van der Waals surface area contributed by atoms with E-state index in [9.17, 15) is 4.79 Å². The van der Waals surface area contributed by atoms with Crippen molar-refractivity contribution in [1.29, 1.82) is 0 Å². The summed E-state index contributed by atoms with van der Waals surface area (Å²) < 4.78 is 15.8. The van der Waals surface area contributed by atoms with E-state index in [-0.39, 0.29) is 18.4 Å². The summed E-state index contributed by atoms with van der Waals surface area (Å²) in [5, 5.41) is 0. The molecule has 106 valence electrons. The van der Waals surface area contributed by atoms with Crippen LogP contribution in [0.25, 0.3) is 0 Å². The van der Waals surface area contributed by atoms with Crippen molar-refractivity contribution >= 4 is 5.91 Å². The predicted molar refractivity (Wildman–Crippen MR) is 71.5 cm³/mol. The number of benzene rings is 1. The summed E-state index contributed by atoms with van der Waals surface area (Å²) in [5.41, 5.74) is 11.9. The van der Waals surface area contributed by atoms with Crippen molar-refractivity contribution in [3.63, 3.8) is 0 Å². The zero-order valence-corrected chi connectivity index (χ0v) is 11.4. The van der Waals surface area contributed by atoms with Gasteiger partial charge in [-0.25, -0.2) is 0 Å². The highest BCUT2D eigenvalue weighted by Crippen LogP contribution is 2.42. The molecule has 1 aromatic carbocycles. The van der Waals surface area contributed by atoms with E-state index < -0.39 is 0 Å². The van der Waals surface area contributed by atoms with E-state index in [1.807, 2.05) is 0 Å². The standard InChI is InChI=1S/C13H20N2O4/c1-17-10-6-4-8(9(14)5-7-11(15)16)12(18-2)13(10)19-3/h4,6,9H,5,7,14H2,1-3H3,(H2,15,16). The Hall–Kier alpha value is -1.95. The number of hydrogen-bond donors (Lipinski definition) is 2. The van der Waals surface area contributed by atoms with E-state index in [4.69, 9.17) is 25.7 Å². The fourth-order valence-corrected chi connectivity index (χ4v) is 1.87. The fraction of sp³-hybridized carbons (Fsp3) is 0.462. The molecule has 0 aliphatic carbocycles. The fourth-order valence-electron chi connectivity index (χ4n) is 1.87. The van der Waals surface area contributed by atoms with Crippen molar-refractivity contribution in [2.45, 2.75) is 18.9 Å². The van der Waals surface area contributed by atoms with Crippen LogP contribution in [0.2, 0.25) is 0 Å². The monoisotopic (exact) mass is 268 g/mol. The van der Waals surface area contributed by atoms with Gasteiger partial charge in [0.2, 0.25) is 11.7 Å². The first-order valence-electron chi connectivity index (χ1n) is 5.87. The maximum absolute atomic E-state index is 10.8. The van der Waals surface area contributed by atoms with Crippen LogP contribution in [-0.4, -0.2) is 27.2 Å². The van der Waals surface area contributed by atoms with Crippen molar-refractivity contribution in [3.05, 3.63) is 17.7 Å². The number of hydrogen-bond acceptors (Lipinski definition) is 5. The van der Waals surface area contributed by atoms with E-state index in [1.165, 1.54) is 14.2 Å². The third-order valence-electron chi connectivity index (χ3n) is 2.84. The van der Waals surface area contributed by atoms with Crippen molar-refractivity contribution < 1.29 is 19.0 Å². The number of carbonyl (C=O) groups is 1. The molecule has 0 aliphatic rings. The highest BCUT2D eigenvalue weighted by Gasteiger charge is 2.20. The lowest BCUT2D eigenvalue weighted by Crippen LogP contribution is -2.17. The molecule has 0 fully saturated rings. The SMILES string of the molecule is COc1ccc(C(N)CCC(N)=O)c(OC)c1OC. The minimum atomic E-state index is -0.380. The topological polar surface area (TPSA) is 96.8 Å². The Kier molecular flexibility index (Phi) is 5.44. The minimum Gasteiger partial charge on any atom is -0.493 e. The molecule has 0 radical (unpaired) electrons. The smallest absolute Gasteiger partial charge is 0.217 e. The number of ether oxygens (including phenoxy) is 3. The van der Waals surface area contributed by atoms with Crippen molar-refractivity contribution in [1.82, 2.24) is 0 Å². The molecule has 1 unspecified atom stereocenters. The van der Waals surface area contributed by atoms with Crippen LogP contribution in [0.5, 0.6) is 17.2 Å². The molecule has 0 spiro atoms.